The zero-order valence-electron chi connectivity index (χ0n) is 16.8. The van der Waals surface area contributed by atoms with Crippen LogP contribution in [0.25, 0.3) is 0 Å². The van der Waals surface area contributed by atoms with Gasteiger partial charge < -0.3 is 10.6 Å². The van der Waals surface area contributed by atoms with E-state index in [1.165, 1.54) is 17.7 Å². The molecule has 1 aliphatic heterocycles. The molecule has 0 bridgehead atoms. The van der Waals surface area contributed by atoms with Crippen LogP contribution in [0.1, 0.15) is 41.5 Å². The van der Waals surface area contributed by atoms with Crippen molar-refractivity contribution in [3.63, 3.8) is 0 Å². The summed E-state index contributed by atoms with van der Waals surface area (Å²) in [5.41, 5.74) is 6.80. The van der Waals surface area contributed by atoms with Crippen LogP contribution in [0.5, 0.6) is 0 Å². The maximum atomic E-state index is 13.6. The number of ketones is 1. The lowest BCUT2D eigenvalue weighted by Gasteiger charge is -2.30. The van der Waals surface area contributed by atoms with Crippen molar-refractivity contribution in [2.75, 3.05) is 10.6 Å². The van der Waals surface area contributed by atoms with E-state index in [4.69, 9.17) is 0 Å². The van der Waals surface area contributed by atoms with Crippen molar-refractivity contribution in [3.05, 3.63) is 107 Å². The smallest absolute Gasteiger partial charge is 0.163 e. The second kappa shape index (κ2) is 7.45. The van der Waals surface area contributed by atoms with Crippen LogP contribution in [0.15, 0.2) is 84.1 Å². The minimum atomic E-state index is -0.319. The maximum absolute atomic E-state index is 13.6. The van der Waals surface area contributed by atoms with Gasteiger partial charge in [0, 0.05) is 17.7 Å². The summed E-state index contributed by atoms with van der Waals surface area (Å²) in [7, 11) is 0. The molecule has 0 spiro atoms. The lowest BCUT2D eigenvalue weighted by Crippen LogP contribution is -2.26. The fourth-order valence-corrected chi connectivity index (χ4v) is 4.53. The highest BCUT2D eigenvalue weighted by atomic mass is 19.1. The van der Waals surface area contributed by atoms with Crippen LogP contribution in [0, 0.1) is 12.7 Å². The van der Waals surface area contributed by atoms with Gasteiger partial charge >= 0.3 is 0 Å². The predicted octanol–water partition coefficient (Wildman–Crippen LogP) is 6.11. The van der Waals surface area contributed by atoms with Gasteiger partial charge in [0.15, 0.2) is 5.78 Å². The highest BCUT2D eigenvalue weighted by Gasteiger charge is 2.36. The van der Waals surface area contributed by atoms with E-state index in [1.807, 2.05) is 31.2 Å². The van der Waals surface area contributed by atoms with E-state index >= 15 is 0 Å². The topological polar surface area (TPSA) is 41.1 Å². The minimum absolute atomic E-state index is 0.129. The molecule has 0 saturated carbocycles. The molecule has 3 aromatic carbocycles. The Morgan fingerprint density at radius 1 is 0.867 bits per heavy atom. The van der Waals surface area contributed by atoms with Gasteiger partial charge in [0.2, 0.25) is 0 Å². The third-order valence-corrected chi connectivity index (χ3v) is 6.03. The molecule has 1 heterocycles. The fourth-order valence-electron chi connectivity index (χ4n) is 4.53. The molecule has 2 N–H and O–H groups in total. The lowest BCUT2D eigenvalue weighted by atomic mass is 9.78. The number of rotatable bonds is 2. The van der Waals surface area contributed by atoms with Crippen LogP contribution in [-0.2, 0) is 4.79 Å². The summed E-state index contributed by atoms with van der Waals surface area (Å²) in [6, 6.07) is 22.5. The molecule has 0 radical (unpaired) electrons. The number of hydrogen-bond donors (Lipinski definition) is 2. The number of fused-ring (bicyclic) bond motifs is 1. The quantitative estimate of drug-likeness (QED) is 0.547. The summed E-state index contributed by atoms with van der Waals surface area (Å²) in [6.45, 7) is 2.05. The first-order valence-electron chi connectivity index (χ1n) is 10.3. The number of carbonyl (C=O) groups is 1. The average Bonchev–Trinajstić information content (AvgIpc) is 2.91. The monoisotopic (exact) mass is 398 g/mol. The first kappa shape index (κ1) is 18.6. The molecule has 3 aromatic rings. The van der Waals surface area contributed by atoms with Crippen molar-refractivity contribution in [3.8, 4) is 0 Å². The van der Waals surface area contributed by atoms with Gasteiger partial charge in [0.05, 0.1) is 17.4 Å². The van der Waals surface area contributed by atoms with Crippen molar-refractivity contribution >= 4 is 17.2 Å². The van der Waals surface area contributed by atoms with Crippen LogP contribution in [0.4, 0.5) is 15.8 Å². The molecule has 0 amide bonds. The number of carbonyl (C=O) groups excluding carboxylic acids is 1. The van der Waals surface area contributed by atoms with E-state index in [0.717, 1.165) is 40.2 Å². The van der Waals surface area contributed by atoms with Gasteiger partial charge in [-0.2, -0.15) is 0 Å². The van der Waals surface area contributed by atoms with Gasteiger partial charge in [-0.1, -0.05) is 48.5 Å². The zero-order chi connectivity index (χ0) is 20.7. The lowest BCUT2D eigenvalue weighted by molar-refractivity contribution is -0.116. The molecule has 150 valence electrons. The number of benzene rings is 3. The summed E-state index contributed by atoms with van der Waals surface area (Å²) < 4.78 is 13.6. The number of allylic oxidation sites excluding steroid dienone is 1. The molecule has 0 unspecified atom stereocenters. The summed E-state index contributed by atoms with van der Waals surface area (Å²) in [5.74, 6) is -0.00942. The summed E-state index contributed by atoms with van der Waals surface area (Å²) in [4.78, 5) is 13.4. The van der Waals surface area contributed by atoms with E-state index in [-0.39, 0.29) is 23.6 Å². The van der Waals surface area contributed by atoms with Gasteiger partial charge in [-0.25, -0.2) is 4.39 Å². The Kier molecular flexibility index (Phi) is 4.62. The Balaban J connectivity index is 1.62. The number of nitrogens with one attached hydrogen (secondary N) is 2. The summed E-state index contributed by atoms with van der Waals surface area (Å²) >= 11 is 0. The second-order valence-electron chi connectivity index (χ2n) is 8.13. The average molecular weight is 398 g/mol. The highest BCUT2D eigenvalue weighted by Crippen LogP contribution is 2.44. The Morgan fingerprint density at radius 3 is 2.40 bits per heavy atom. The predicted molar refractivity (Wildman–Crippen MR) is 118 cm³/mol. The number of hydrogen-bond acceptors (Lipinski definition) is 3. The molecule has 3 nitrogen and oxygen atoms in total. The van der Waals surface area contributed by atoms with Crippen molar-refractivity contribution in [2.45, 2.75) is 31.7 Å². The molecular formula is C26H23FN2O. The molecule has 0 saturated heterocycles. The first-order valence-corrected chi connectivity index (χ1v) is 10.3. The molecule has 2 atom stereocenters. The van der Waals surface area contributed by atoms with Gasteiger partial charge in [0.25, 0.3) is 0 Å². The van der Waals surface area contributed by atoms with E-state index in [9.17, 15) is 9.18 Å². The molecule has 30 heavy (non-hydrogen) atoms. The zero-order valence-corrected chi connectivity index (χ0v) is 16.8. The minimum Gasteiger partial charge on any atom is -0.372 e. The second-order valence-corrected chi connectivity index (χ2v) is 8.13. The van der Waals surface area contributed by atoms with E-state index in [2.05, 4.69) is 34.9 Å². The fraction of sp³-hybridized carbons (Fsp3) is 0.192. The Bertz CT molecular complexity index is 1140. The Labute approximate surface area is 175 Å². The molecular weight excluding hydrogens is 375 g/mol. The molecule has 0 fully saturated rings. The van der Waals surface area contributed by atoms with Crippen LogP contribution >= 0.6 is 0 Å². The largest absolute Gasteiger partial charge is 0.372 e. The van der Waals surface area contributed by atoms with Gasteiger partial charge in [-0.3, -0.25) is 4.79 Å². The van der Waals surface area contributed by atoms with E-state index < -0.39 is 0 Å². The van der Waals surface area contributed by atoms with Crippen LogP contribution < -0.4 is 10.6 Å². The third-order valence-electron chi connectivity index (χ3n) is 6.03. The Morgan fingerprint density at radius 2 is 1.63 bits per heavy atom. The Hall–Kier alpha value is -3.40. The molecule has 0 aromatic heterocycles. The van der Waals surface area contributed by atoms with E-state index in [1.54, 1.807) is 12.1 Å². The standard InChI is InChI=1S/C26H23FN2O/c1-16-7-12-21-22(13-16)29-26(18-8-10-20(27)11-9-18)25-23(28-21)14-19(15-24(25)30)17-5-3-2-4-6-17/h2-13,19,26,28-29H,14-15H2,1H3/t19-,26-/m0/s1. The highest BCUT2D eigenvalue weighted by molar-refractivity contribution is 6.01. The van der Waals surface area contributed by atoms with Crippen molar-refractivity contribution in [1.82, 2.24) is 0 Å². The summed E-state index contributed by atoms with van der Waals surface area (Å²) in [5, 5.41) is 7.11. The number of aryl methyl sites for hydroxylation is 1. The van der Waals surface area contributed by atoms with E-state index in [0.29, 0.717) is 6.42 Å². The van der Waals surface area contributed by atoms with Crippen LogP contribution in [0.2, 0.25) is 0 Å². The number of anilines is 2. The van der Waals surface area contributed by atoms with Crippen molar-refractivity contribution in [1.29, 1.82) is 0 Å². The van der Waals surface area contributed by atoms with Gasteiger partial charge in [0.1, 0.15) is 5.82 Å². The summed E-state index contributed by atoms with van der Waals surface area (Å²) in [6.07, 6.45) is 1.23. The van der Waals surface area contributed by atoms with Crippen molar-refractivity contribution in [2.24, 2.45) is 0 Å². The molecule has 4 heteroatoms. The molecule has 1 aliphatic carbocycles. The van der Waals surface area contributed by atoms with Gasteiger partial charge in [-0.15, -0.1) is 0 Å². The molecule has 5 rings (SSSR count). The normalized spacial score (nSPS) is 20.5. The van der Waals surface area contributed by atoms with Crippen LogP contribution in [-0.4, -0.2) is 5.78 Å². The SMILES string of the molecule is Cc1ccc2c(c1)N[C@@H](c1ccc(F)cc1)C1=C(C[C@H](c3ccccc3)CC1=O)N2. The number of Topliss-reactive ketones (excluding diaryl/α,β-unsaturated/α-hetero) is 1. The molecule has 2 aliphatic rings. The number of halogens is 1. The third kappa shape index (κ3) is 3.39. The van der Waals surface area contributed by atoms with Crippen molar-refractivity contribution < 1.29 is 9.18 Å². The van der Waals surface area contributed by atoms with Crippen LogP contribution in [0.3, 0.4) is 0 Å². The maximum Gasteiger partial charge on any atom is 0.163 e. The van der Waals surface area contributed by atoms with Gasteiger partial charge in [-0.05, 0) is 60.2 Å². The first-order chi connectivity index (χ1) is 14.6.